The number of ether oxygens (including phenoxy) is 1. The number of phenolic OH excluding ortho intramolecular Hbond substituents is 2. The number of phenols is 2. The lowest BCUT2D eigenvalue weighted by molar-refractivity contribution is -0.137. The van der Waals surface area contributed by atoms with E-state index in [4.69, 9.17) is 4.74 Å². The molecule has 0 unspecified atom stereocenters. The molecule has 3 rings (SSSR count). The van der Waals surface area contributed by atoms with Gasteiger partial charge in [-0.15, -0.1) is 0 Å². The van der Waals surface area contributed by atoms with Crippen molar-refractivity contribution in [3.8, 4) is 22.6 Å². The van der Waals surface area contributed by atoms with Gasteiger partial charge >= 0.3 is 6.18 Å². The number of aldehydes is 1. The first kappa shape index (κ1) is 22.8. The molecule has 0 bridgehead atoms. The van der Waals surface area contributed by atoms with Gasteiger partial charge in [0.15, 0.2) is 17.8 Å². The van der Waals surface area contributed by atoms with Crippen molar-refractivity contribution in [1.82, 2.24) is 0 Å². The summed E-state index contributed by atoms with van der Waals surface area (Å²) in [7, 11) is 0. The lowest BCUT2D eigenvalue weighted by Gasteiger charge is -2.20. The van der Waals surface area contributed by atoms with Crippen molar-refractivity contribution < 1.29 is 32.9 Å². The normalized spacial score (nSPS) is 11.5. The van der Waals surface area contributed by atoms with Crippen LogP contribution in [-0.2, 0) is 24.1 Å². The Morgan fingerprint density at radius 1 is 1.03 bits per heavy atom. The van der Waals surface area contributed by atoms with E-state index in [0.29, 0.717) is 17.4 Å². The van der Waals surface area contributed by atoms with Gasteiger partial charge in [-0.1, -0.05) is 52.3 Å². The zero-order valence-corrected chi connectivity index (χ0v) is 17.9. The van der Waals surface area contributed by atoms with Crippen LogP contribution < -0.4 is 0 Å². The van der Waals surface area contributed by atoms with Crippen molar-refractivity contribution >= 4 is 22.2 Å². The number of aromatic hydroxyl groups is 2. The molecular weight excluding hydrogens is 477 g/mol. The minimum Gasteiger partial charge on any atom is -0.504 e. The van der Waals surface area contributed by atoms with Crippen LogP contribution >= 0.6 is 15.9 Å². The monoisotopic (exact) mass is 494 g/mol. The van der Waals surface area contributed by atoms with Crippen molar-refractivity contribution in [2.24, 2.45) is 0 Å². The van der Waals surface area contributed by atoms with Crippen molar-refractivity contribution in [1.29, 1.82) is 0 Å². The SMILES string of the molecule is Cc1c(O)c(O)c(C=O)c(COCc2ccccc2)c1-c1ccc(C(F)(F)F)cc1Br. The molecule has 0 aliphatic heterocycles. The molecule has 8 heteroatoms. The molecule has 2 N–H and O–H groups in total. The summed E-state index contributed by atoms with van der Waals surface area (Å²) in [6, 6.07) is 12.3. The van der Waals surface area contributed by atoms with E-state index in [1.54, 1.807) is 0 Å². The van der Waals surface area contributed by atoms with Gasteiger partial charge < -0.3 is 14.9 Å². The second kappa shape index (κ2) is 9.11. The van der Waals surface area contributed by atoms with Crippen LogP contribution in [0.3, 0.4) is 0 Å². The van der Waals surface area contributed by atoms with Crippen molar-refractivity contribution in [2.75, 3.05) is 0 Å². The van der Waals surface area contributed by atoms with E-state index >= 15 is 0 Å². The van der Waals surface area contributed by atoms with Crippen molar-refractivity contribution in [3.05, 3.63) is 80.8 Å². The van der Waals surface area contributed by atoms with Crippen LogP contribution in [0.5, 0.6) is 11.5 Å². The fourth-order valence-corrected chi connectivity index (χ4v) is 3.89. The van der Waals surface area contributed by atoms with Crippen LogP contribution in [0.1, 0.15) is 32.6 Å². The molecule has 0 radical (unpaired) electrons. The molecule has 0 amide bonds. The Morgan fingerprint density at radius 2 is 1.71 bits per heavy atom. The highest BCUT2D eigenvalue weighted by Crippen LogP contribution is 2.45. The maximum atomic E-state index is 13.1. The molecule has 0 fully saturated rings. The molecule has 4 nitrogen and oxygen atoms in total. The summed E-state index contributed by atoms with van der Waals surface area (Å²) in [4.78, 5) is 11.7. The number of carbonyl (C=O) groups is 1. The summed E-state index contributed by atoms with van der Waals surface area (Å²) in [5.74, 6) is -1.12. The molecule has 0 atom stereocenters. The van der Waals surface area contributed by atoms with Gasteiger partial charge in [-0.25, -0.2) is 0 Å². The molecule has 3 aromatic carbocycles. The van der Waals surface area contributed by atoms with Crippen LogP contribution in [0.25, 0.3) is 11.1 Å². The minimum atomic E-state index is -4.53. The van der Waals surface area contributed by atoms with E-state index in [-0.39, 0.29) is 34.4 Å². The second-order valence-corrected chi connectivity index (χ2v) is 7.73. The Hall–Kier alpha value is -2.84. The molecule has 0 aliphatic carbocycles. The second-order valence-electron chi connectivity index (χ2n) is 6.88. The summed E-state index contributed by atoms with van der Waals surface area (Å²) < 4.78 is 45.0. The zero-order chi connectivity index (χ0) is 22.8. The number of hydrogen-bond donors (Lipinski definition) is 2. The van der Waals surface area contributed by atoms with Gasteiger partial charge in [-0.2, -0.15) is 13.2 Å². The number of benzene rings is 3. The van der Waals surface area contributed by atoms with Crippen LogP contribution in [-0.4, -0.2) is 16.5 Å². The molecule has 0 aliphatic rings. The third-order valence-corrected chi connectivity index (χ3v) is 5.53. The summed E-state index contributed by atoms with van der Waals surface area (Å²) >= 11 is 3.17. The first-order valence-electron chi connectivity index (χ1n) is 9.16. The van der Waals surface area contributed by atoms with Gasteiger partial charge in [0.25, 0.3) is 0 Å². The highest BCUT2D eigenvalue weighted by molar-refractivity contribution is 9.10. The van der Waals surface area contributed by atoms with Gasteiger partial charge in [-0.05, 0) is 35.7 Å². The Balaban J connectivity index is 2.10. The third-order valence-electron chi connectivity index (χ3n) is 4.88. The number of halogens is 4. The molecular formula is C23H18BrF3O4. The average Bonchev–Trinajstić information content (AvgIpc) is 2.73. The van der Waals surface area contributed by atoms with E-state index in [1.165, 1.54) is 13.0 Å². The molecule has 0 aromatic heterocycles. The van der Waals surface area contributed by atoms with Crippen molar-refractivity contribution in [2.45, 2.75) is 26.3 Å². The number of hydrogen-bond acceptors (Lipinski definition) is 4. The van der Waals surface area contributed by atoms with Crippen LogP contribution in [0.2, 0.25) is 0 Å². The molecule has 0 saturated carbocycles. The standard InChI is InChI=1S/C23H18BrF3O4/c1-13-20(16-8-7-15(9-19(16)24)23(25,26)27)18(17(10-28)22(30)21(13)29)12-31-11-14-5-3-2-4-6-14/h2-10,29-30H,11-12H2,1H3. The summed E-state index contributed by atoms with van der Waals surface area (Å²) in [6.07, 6.45) is -4.14. The minimum absolute atomic E-state index is 0.111. The van der Waals surface area contributed by atoms with Crippen LogP contribution in [0.15, 0.2) is 53.0 Å². The fourth-order valence-electron chi connectivity index (χ4n) is 3.31. The summed E-state index contributed by atoms with van der Waals surface area (Å²) in [5, 5.41) is 20.6. The Bertz CT molecular complexity index is 1110. The summed E-state index contributed by atoms with van der Waals surface area (Å²) in [5.41, 5.74) is 0.959. The Labute approximate surface area is 185 Å². The van der Waals surface area contributed by atoms with Gasteiger partial charge in [0.2, 0.25) is 0 Å². The first-order chi connectivity index (χ1) is 14.6. The molecule has 31 heavy (non-hydrogen) atoms. The van der Waals surface area contributed by atoms with Crippen LogP contribution in [0, 0.1) is 6.92 Å². The number of rotatable bonds is 6. The van der Waals surface area contributed by atoms with Gasteiger partial charge in [0.05, 0.1) is 24.3 Å². The van der Waals surface area contributed by atoms with Crippen molar-refractivity contribution in [3.63, 3.8) is 0 Å². The topological polar surface area (TPSA) is 66.8 Å². The van der Waals surface area contributed by atoms with E-state index in [2.05, 4.69) is 15.9 Å². The first-order valence-corrected chi connectivity index (χ1v) is 9.95. The smallest absolute Gasteiger partial charge is 0.416 e. The predicted molar refractivity (Wildman–Crippen MR) is 113 cm³/mol. The molecule has 0 saturated heterocycles. The third kappa shape index (κ3) is 4.75. The number of alkyl halides is 3. The van der Waals surface area contributed by atoms with E-state index in [9.17, 15) is 28.2 Å². The maximum Gasteiger partial charge on any atom is 0.416 e. The molecule has 0 spiro atoms. The van der Waals surface area contributed by atoms with E-state index in [0.717, 1.165) is 17.7 Å². The molecule has 162 valence electrons. The maximum absolute atomic E-state index is 13.1. The average molecular weight is 495 g/mol. The molecule has 3 aromatic rings. The lowest BCUT2D eigenvalue weighted by Crippen LogP contribution is -2.06. The van der Waals surface area contributed by atoms with Gasteiger partial charge in [0, 0.05) is 15.6 Å². The summed E-state index contributed by atoms with van der Waals surface area (Å²) in [6.45, 7) is 1.61. The fraction of sp³-hybridized carbons (Fsp3) is 0.174. The van der Waals surface area contributed by atoms with Gasteiger partial charge in [-0.3, -0.25) is 4.79 Å². The Morgan fingerprint density at radius 3 is 2.29 bits per heavy atom. The Kier molecular flexibility index (Phi) is 6.71. The lowest BCUT2D eigenvalue weighted by atomic mass is 9.90. The van der Waals surface area contributed by atoms with Crippen LogP contribution in [0.4, 0.5) is 13.2 Å². The van der Waals surface area contributed by atoms with E-state index in [1.807, 2.05) is 30.3 Å². The highest BCUT2D eigenvalue weighted by atomic mass is 79.9. The largest absolute Gasteiger partial charge is 0.504 e. The predicted octanol–water partition coefficient (Wildman–Crippen LogP) is 6.38. The quantitative estimate of drug-likeness (QED) is 0.308. The van der Waals surface area contributed by atoms with E-state index < -0.39 is 23.2 Å². The van der Waals surface area contributed by atoms with Gasteiger partial charge in [0.1, 0.15) is 0 Å². The highest BCUT2D eigenvalue weighted by Gasteiger charge is 2.31. The zero-order valence-electron chi connectivity index (χ0n) is 16.3. The molecule has 0 heterocycles. The number of carbonyl (C=O) groups excluding carboxylic acids is 1.